The Balaban J connectivity index is 2.07. The van der Waals surface area contributed by atoms with Gasteiger partial charge in [0.15, 0.2) is 0 Å². The quantitative estimate of drug-likeness (QED) is 0.828. The van der Waals surface area contributed by atoms with Crippen molar-refractivity contribution in [3.63, 3.8) is 0 Å². The van der Waals surface area contributed by atoms with Gasteiger partial charge in [-0.25, -0.2) is 4.98 Å². The first-order valence-corrected chi connectivity index (χ1v) is 6.13. The fourth-order valence-corrected chi connectivity index (χ4v) is 2.68. The summed E-state index contributed by atoms with van der Waals surface area (Å²) < 4.78 is 0. The number of aromatic nitrogens is 1. The zero-order valence-corrected chi connectivity index (χ0v) is 9.73. The van der Waals surface area contributed by atoms with Gasteiger partial charge in [-0.2, -0.15) is 0 Å². The Morgan fingerprint density at radius 3 is 2.79 bits per heavy atom. The Kier molecular flexibility index (Phi) is 2.62. The molecular weight excluding hydrogens is 192 g/mol. The highest BCUT2D eigenvalue weighted by molar-refractivity contribution is 7.09. The predicted octanol–water partition coefficient (Wildman–Crippen LogP) is 2.37. The molecule has 2 nitrogen and oxygen atoms in total. The van der Waals surface area contributed by atoms with Crippen LogP contribution in [-0.4, -0.2) is 11.5 Å². The van der Waals surface area contributed by atoms with Crippen LogP contribution in [0.2, 0.25) is 0 Å². The van der Waals surface area contributed by atoms with Crippen LogP contribution < -0.4 is 5.73 Å². The molecule has 0 aliphatic heterocycles. The number of hydrogen-bond acceptors (Lipinski definition) is 3. The van der Waals surface area contributed by atoms with Crippen molar-refractivity contribution in [1.29, 1.82) is 0 Å². The van der Waals surface area contributed by atoms with E-state index in [-0.39, 0.29) is 0 Å². The molecule has 14 heavy (non-hydrogen) atoms. The Bertz CT molecular complexity index is 317. The number of rotatable bonds is 4. The molecule has 0 radical (unpaired) electrons. The fourth-order valence-electron chi connectivity index (χ4n) is 2.07. The molecule has 0 saturated heterocycles. The van der Waals surface area contributed by atoms with E-state index in [2.05, 4.69) is 24.2 Å². The van der Waals surface area contributed by atoms with E-state index in [0.29, 0.717) is 5.41 Å². The molecule has 2 rings (SSSR count). The summed E-state index contributed by atoms with van der Waals surface area (Å²) in [5.41, 5.74) is 7.40. The van der Waals surface area contributed by atoms with Gasteiger partial charge < -0.3 is 5.73 Å². The van der Waals surface area contributed by atoms with E-state index < -0.39 is 0 Å². The monoisotopic (exact) mass is 210 g/mol. The highest BCUT2D eigenvalue weighted by Gasteiger charge is 2.40. The molecule has 3 heteroatoms. The molecule has 1 aliphatic rings. The number of thiazole rings is 1. The van der Waals surface area contributed by atoms with Gasteiger partial charge in [0.25, 0.3) is 0 Å². The van der Waals surface area contributed by atoms with Gasteiger partial charge in [-0.05, 0) is 44.1 Å². The average molecular weight is 210 g/mol. The molecule has 1 fully saturated rings. The molecule has 0 bridgehead atoms. The van der Waals surface area contributed by atoms with Crippen molar-refractivity contribution in [1.82, 2.24) is 4.98 Å². The SMILES string of the molecule is Cc1nc(CC(C)(CN)C2CC2)cs1. The number of hydrogen-bond donors (Lipinski definition) is 1. The zero-order chi connectivity index (χ0) is 10.2. The maximum Gasteiger partial charge on any atom is 0.0897 e. The van der Waals surface area contributed by atoms with Gasteiger partial charge in [0.1, 0.15) is 0 Å². The van der Waals surface area contributed by atoms with E-state index in [0.717, 1.165) is 23.9 Å². The minimum absolute atomic E-state index is 0.292. The Labute approximate surface area is 89.5 Å². The second-order valence-electron chi connectivity index (χ2n) is 4.67. The second kappa shape index (κ2) is 3.63. The molecule has 78 valence electrons. The number of aryl methyl sites for hydroxylation is 1. The highest BCUT2D eigenvalue weighted by Crippen LogP contribution is 2.46. The zero-order valence-electron chi connectivity index (χ0n) is 8.92. The Morgan fingerprint density at radius 2 is 2.36 bits per heavy atom. The summed E-state index contributed by atoms with van der Waals surface area (Å²) in [7, 11) is 0. The third-order valence-electron chi connectivity index (χ3n) is 3.28. The smallest absolute Gasteiger partial charge is 0.0897 e. The van der Waals surface area contributed by atoms with Crippen molar-refractivity contribution in [2.45, 2.75) is 33.1 Å². The van der Waals surface area contributed by atoms with Crippen molar-refractivity contribution in [3.8, 4) is 0 Å². The maximum absolute atomic E-state index is 5.88. The maximum atomic E-state index is 5.88. The topological polar surface area (TPSA) is 38.9 Å². The number of nitrogens with two attached hydrogens (primary N) is 1. The average Bonchev–Trinajstić information content (AvgIpc) is 2.93. The Hall–Kier alpha value is -0.410. The molecule has 1 aromatic rings. The van der Waals surface area contributed by atoms with Crippen molar-refractivity contribution < 1.29 is 0 Å². The van der Waals surface area contributed by atoms with E-state index in [9.17, 15) is 0 Å². The van der Waals surface area contributed by atoms with Crippen LogP contribution in [0, 0.1) is 18.3 Å². The lowest BCUT2D eigenvalue weighted by atomic mass is 9.81. The first-order valence-electron chi connectivity index (χ1n) is 5.25. The van der Waals surface area contributed by atoms with Crippen LogP contribution in [0.1, 0.15) is 30.5 Å². The van der Waals surface area contributed by atoms with Crippen molar-refractivity contribution in [2.24, 2.45) is 17.1 Å². The molecule has 0 aromatic carbocycles. The molecule has 1 saturated carbocycles. The highest BCUT2D eigenvalue weighted by atomic mass is 32.1. The van der Waals surface area contributed by atoms with E-state index in [4.69, 9.17) is 5.73 Å². The van der Waals surface area contributed by atoms with Crippen molar-refractivity contribution in [2.75, 3.05) is 6.54 Å². The molecule has 1 aromatic heterocycles. The molecule has 2 N–H and O–H groups in total. The molecule has 1 aliphatic carbocycles. The molecule has 1 heterocycles. The third-order valence-corrected chi connectivity index (χ3v) is 4.10. The van der Waals surface area contributed by atoms with E-state index in [1.54, 1.807) is 11.3 Å². The van der Waals surface area contributed by atoms with Gasteiger partial charge in [-0.15, -0.1) is 11.3 Å². The van der Waals surface area contributed by atoms with Crippen LogP contribution in [0.15, 0.2) is 5.38 Å². The minimum Gasteiger partial charge on any atom is -0.330 e. The lowest BCUT2D eigenvalue weighted by Crippen LogP contribution is -2.31. The van der Waals surface area contributed by atoms with Gasteiger partial charge in [0, 0.05) is 5.38 Å². The predicted molar refractivity (Wildman–Crippen MR) is 60.4 cm³/mol. The summed E-state index contributed by atoms with van der Waals surface area (Å²) in [6.45, 7) is 5.15. The lowest BCUT2D eigenvalue weighted by molar-refractivity contribution is 0.279. The van der Waals surface area contributed by atoms with E-state index >= 15 is 0 Å². The molecule has 1 unspecified atom stereocenters. The van der Waals surface area contributed by atoms with Gasteiger partial charge in [-0.1, -0.05) is 6.92 Å². The second-order valence-corrected chi connectivity index (χ2v) is 5.73. The van der Waals surface area contributed by atoms with Crippen LogP contribution in [-0.2, 0) is 6.42 Å². The first kappa shape index (κ1) is 10.1. The van der Waals surface area contributed by atoms with Crippen LogP contribution in [0.5, 0.6) is 0 Å². The van der Waals surface area contributed by atoms with Crippen LogP contribution in [0.25, 0.3) is 0 Å². The van der Waals surface area contributed by atoms with Crippen LogP contribution in [0.4, 0.5) is 0 Å². The van der Waals surface area contributed by atoms with Crippen molar-refractivity contribution >= 4 is 11.3 Å². The molecule has 0 spiro atoms. The Morgan fingerprint density at radius 1 is 1.64 bits per heavy atom. The number of nitrogens with zero attached hydrogens (tertiary/aromatic N) is 1. The van der Waals surface area contributed by atoms with E-state index in [1.807, 2.05) is 0 Å². The fraction of sp³-hybridized carbons (Fsp3) is 0.727. The van der Waals surface area contributed by atoms with Gasteiger partial charge in [-0.3, -0.25) is 0 Å². The van der Waals surface area contributed by atoms with Crippen LogP contribution in [0.3, 0.4) is 0 Å². The van der Waals surface area contributed by atoms with Gasteiger partial charge in [0.05, 0.1) is 10.7 Å². The van der Waals surface area contributed by atoms with Gasteiger partial charge in [0.2, 0.25) is 0 Å². The first-order chi connectivity index (χ1) is 6.64. The minimum atomic E-state index is 0.292. The normalized spacial score (nSPS) is 20.8. The summed E-state index contributed by atoms with van der Waals surface area (Å²) in [4.78, 5) is 4.52. The van der Waals surface area contributed by atoms with Crippen molar-refractivity contribution in [3.05, 3.63) is 16.1 Å². The third kappa shape index (κ3) is 1.98. The standard InChI is InChI=1S/C11H18N2S/c1-8-13-10(6-14-8)5-11(2,7-12)9-3-4-9/h6,9H,3-5,7,12H2,1-2H3. The summed E-state index contributed by atoms with van der Waals surface area (Å²) in [6.07, 6.45) is 3.77. The molecule has 1 atom stereocenters. The largest absolute Gasteiger partial charge is 0.330 e. The molecule has 0 amide bonds. The summed E-state index contributed by atoms with van der Waals surface area (Å²) in [5, 5.41) is 3.33. The van der Waals surface area contributed by atoms with Crippen LogP contribution >= 0.6 is 11.3 Å². The summed E-state index contributed by atoms with van der Waals surface area (Å²) >= 11 is 1.74. The summed E-state index contributed by atoms with van der Waals surface area (Å²) in [5.74, 6) is 0.842. The van der Waals surface area contributed by atoms with E-state index in [1.165, 1.54) is 18.5 Å². The lowest BCUT2D eigenvalue weighted by Gasteiger charge is -2.26. The summed E-state index contributed by atoms with van der Waals surface area (Å²) in [6, 6.07) is 0. The molecular formula is C11H18N2S. The van der Waals surface area contributed by atoms with Gasteiger partial charge >= 0.3 is 0 Å².